The summed E-state index contributed by atoms with van der Waals surface area (Å²) in [6.45, 7) is 5.88. The van der Waals surface area contributed by atoms with Crippen LogP contribution in [0.2, 0.25) is 0 Å². The Balaban J connectivity index is 2.02. The number of rotatable bonds is 10. The molecule has 3 rings (SSSR count). The van der Waals surface area contributed by atoms with Gasteiger partial charge < -0.3 is 19.6 Å². The number of ketones is 1. The summed E-state index contributed by atoms with van der Waals surface area (Å²) in [6.07, 6.45) is 2.68. The molecule has 33 heavy (non-hydrogen) atoms. The second-order valence-electron chi connectivity index (χ2n) is 8.79. The van der Waals surface area contributed by atoms with Crippen molar-refractivity contribution in [2.24, 2.45) is 0 Å². The van der Waals surface area contributed by atoms with Crippen molar-refractivity contribution in [3.05, 3.63) is 70.8 Å². The third-order valence-electron chi connectivity index (χ3n) is 5.81. The Hall–Kier alpha value is -3.12. The minimum Gasteiger partial charge on any atom is -0.507 e. The highest BCUT2D eigenvalue weighted by molar-refractivity contribution is 6.46. The zero-order valence-corrected chi connectivity index (χ0v) is 20.0. The van der Waals surface area contributed by atoms with Crippen molar-refractivity contribution in [2.45, 2.75) is 39.2 Å². The molecular formula is C27H34N2O4. The summed E-state index contributed by atoms with van der Waals surface area (Å²) in [5.41, 5.74) is 2.48. The van der Waals surface area contributed by atoms with Gasteiger partial charge in [-0.1, -0.05) is 55.3 Å². The highest BCUT2D eigenvalue weighted by Gasteiger charge is 2.45. The lowest BCUT2D eigenvalue weighted by atomic mass is 9.94. The van der Waals surface area contributed by atoms with E-state index in [1.54, 1.807) is 23.1 Å². The molecule has 1 atom stereocenters. The average molecular weight is 451 g/mol. The predicted octanol–water partition coefficient (Wildman–Crippen LogP) is 4.55. The number of hydrogen-bond donors (Lipinski definition) is 1. The van der Waals surface area contributed by atoms with Crippen LogP contribution in [0.25, 0.3) is 5.76 Å². The molecule has 0 bridgehead atoms. The first-order valence-electron chi connectivity index (χ1n) is 11.6. The van der Waals surface area contributed by atoms with Gasteiger partial charge in [0.2, 0.25) is 0 Å². The largest absolute Gasteiger partial charge is 0.507 e. The summed E-state index contributed by atoms with van der Waals surface area (Å²) in [7, 11) is 3.95. The Morgan fingerprint density at radius 1 is 1.09 bits per heavy atom. The molecule has 1 fully saturated rings. The van der Waals surface area contributed by atoms with E-state index in [1.165, 1.54) is 0 Å². The summed E-state index contributed by atoms with van der Waals surface area (Å²) in [6, 6.07) is 14.2. The van der Waals surface area contributed by atoms with Crippen LogP contribution in [0.3, 0.4) is 0 Å². The number of amides is 1. The third kappa shape index (κ3) is 5.82. The average Bonchev–Trinajstić information content (AvgIpc) is 3.04. The van der Waals surface area contributed by atoms with Gasteiger partial charge in [-0.2, -0.15) is 0 Å². The lowest BCUT2D eigenvalue weighted by Crippen LogP contribution is -2.32. The zero-order valence-electron chi connectivity index (χ0n) is 20.0. The second kappa shape index (κ2) is 11.1. The Kier molecular flexibility index (Phi) is 8.28. The van der Waals surface area contributed by atoms with E-state index in [-0.39, 0.29) is 11.3 Å². The number of aryl methyl sites for hydroxylation is 1. The first-order valence-corrected chi connectivity index (χ1v) is 11.6. The molecule has 6 nitrogen and oxygen atoms in total. The van der Waals surface area contributed by atoms with Crippen molar-refractivity contribution >= 4 is 17.4 Å². The Morgan fingerprint density at radius 3 is 2.48 bits per heavy atom. The fourth-order valence-corrected chi connectivity index (χ4v) is 3.99. The SMILES string of the molecule is CCCCOc1cccc(/C(O)=C2\C(=O)C(=O)N(CCCN(C)C)C2c2ccc(C)cc2)c1. The molecule has 1 saturated heterocycles. The summed E-state index contributed by atoms with van der Waals surface area (Å²) in [4.78, 5) is 29.8. The van der Waals surface area contributed by atoms with E-state index in [4.69, 9.17) is 4.74 Å². The zero-order chi connectivity index (χ0) is 24.0. The fraction of sp³-hybridized carbons (Fsp3) is 0.407. The molecule has 2 aromatic carbocycles. The molecule has 0 saturated carbocycles. The van der Waals surface area contributed by atoms with Crippen LogP contribution < -0.4 is 4.74 Å². The van der Waals surface area contributed by atoms with Gasteiger partial charge in [0.05, 0.1) is 18.2 Å². The van der Waals surface area contributed by atoms with Gasteiger partial charge in [-0.3, -0.25) is 9.59 Å². The Bertz CT molecular complexity index is 1010. The molecule has 1 aliphatic rings. The third-order valence-corrected chi connectivity index (χ3v) is 5.81. The number of carbonyl (C=O) groups excluding carboxylic acids is 2. The van der Waals surface area contributed by atoms with Gasteiger partial charge in [0.15, 0.2) is 0 Å². The van der Waals surface area contributed by atoms with Gasteiger partial charge in [-0.15, -0.1) is 0 Å². The molecule has 1 heterocycles. The summed E-state index contributed by atoms with van der Waals surface area (Å²) in [5.74, 6) is -0.772. The maximum Gasteiger partial charge on any atom is 0.295 e. The number of nitrogens with zero attached hydrogens (tertiary/aromatic N) is 2. The van der Waals surface area contributed by atoms with Crippen LogP contribution in [0.1, 0.15) is 48.9 Å². The summed E-state index contributed by atoms with van der Waals surface area (Å²) < 4.78 is 5.77. The van der Waals surface area contributed by atoms with Crippen molar-refractivity contribution in [1.82, 2.24) is 9.80 Å². The van der Waals surface area contributed by atoms with Crippen LogP contribution in [0.15, 0.2) is 54.1 Å². The molecule has 2 aromatic rings. The molecule has 6 heteroatoms. The van der Waals surface area contributed by atoms with Crippen molar-refractivity contribution in [3.8, 4) is 5.75 Å². The first kappa shape index (κ1) is 24.5. The molecule has 176 valence electrons. The molecule has 1 amide bonds. The van der Waals surface area contributed by atoms with Gasteiger partial charge in [-0.05, 0) is 58.1 Å². The molecule has 0 spiro atoms. The topological polar surface area (TPSA) is 70.1 Å². The Labute approximate surface area is 196 Å². The summed E-state index contributed by atoms with van der Waals surface area (Å²) >= 11 is 0. The van der Waals surface area contributed by atoms with Crippen LogP contribution in [0.4, 0.5) is 0 Å². The van der Waals surface area contributed by atoms with Crippen molar-refractivity contribution in [1.29, 1.82) is 0 Å². The van der Waals surface area contributed by atoms with Gasteiger partial charge >= 0.3 is 0 Å². The first-order chi connectivity index (χ1) is 15.8. The van der Waals surface area contributed by atoms with Gasteiger partial charge in [0.1, 0.15) is 11.5 Å². The monoisotopic (exact) mass is 450 g/mol. The molecule has 0 radical (unpaired) electrons. The van der Waals surface area contributed by atoms with E-state index in [1.807, 2.05) is 56.3 Å². The van der Waals surface area contributed by atoms with Crippen LogP contribution in [0.5, 0.6) is 5.75 Å². The minimum atomic E-state index is -0.653. The van der Waals surface area contributed by atoms with Crippen LogP contribution in [-0.4, -0.2) is 60.4 Å². The fourth-order valence-electron chi connectivity index (χ4n) is 3.99. The van der Waals surface area contributed by atoms with E-state index in [2.05, 4.69) is 6.92 Å². The van der Waals surface area contributed by atoms with E-state index >= 15 is 0 Å². The van der Waals surface area contributed by atoms with Crippen molar-refractivity contribution in [3.63, 3.8) is 0 Å². The lowest BCUT2D eigenvalue weighted by molar-refractivity contribution is -0.139. The molecule has 1 N–H and O–H groups in total. The molecule has 1 unspecified atom stereocenters. The van der Waals surface area contributed by atoms with Gasteiger partial charge in [0, 0.05) is 12.1 Å². The van der Waals surface area contributed by atoms with Crippen LogP contribution in [-0.2, 0) is 9.59 Å². The van der Waals surface area contributed by atoms with Crippen LogP contribution in [0, 0.1) is 6.92 Å². The van der Waals surface area contributed by atoms with Crippen LogP contribution >= 0.6 is 0 Å². The van der Waals surface area contributed by atoms with E-state index in [0.29, 0.717) is 24.5 Å². The maximum atomic E-state index is 13.1. The number of likely N-dealkylation sites (tertiary alicyclic amines) is 1. The summed E-state index contributed by atoms with van der Waals surface area (Å²) in [5, 5.41) is 11.2. The number of unbranched alkanes of at least 4 members (excludes halogenated alkanes) is 1. The highest BCUT2D eigenvalue weighted by atomic mass is 16.5. The molecular weight excluding hydrogens is 416 g/mol. The van der Waals surface area contributed by atoms with E-state index in [9.17, 15) is 14.7 Å². The number of ether oxygens (including phenoxy) is 1. The quantitative estimate of drug-likeness (QED) is 0.249. The number of carbonyl (C=O) groups is 2. The van der Waals surface area contributed by atoms with Gasteiger partial charge in [0.25, 0.3) is 11.7 Å². The molecule has 0 aliphatic carbocycles. The predicted molar refractivity (Wildman–Crippen MR) is 130 cm³/mol. The second-order valence-corrected chi connectivity index (χ2v) is 8.79. The van der Waals surface area contributed by atoms with Crippen molar-refractivity contribution in [2.75, 3.05) is 33.8 Å². The number of Topliss-reactive ketones (excluding diaryl/α,β-unsaturated/α-hetero) is 1. The Morgan fingerprint density at radius 2 is 1.82 bits per heavy atom. The number of hydrogen-bond acceptors (Lipinski definition) is 5. The smallest absolute Gasteiger partial charge is 0.295 e. The number of aliphatic hydroxyl groups is 1. The van der Waals surface area contributed by atoms with E-state index in [0.717, 1.165) is 36.9 Å². The highest BCUT2D eigenvalue weighted by Crippen LogP contribution is 2.39. The normalized spacial score (nSPS) is 17.7. The standard InChI is InChI=1S/C27H34N2O4/c1-5-6-17-33-22-10-7-9-21(18-22)25(30)23-24(20-13-11-19(2)12-14-20)29(27(32)26(23)31)16-8-15-28(3)4/h7,9-14,18,24,30H,5-6,8,15-17H2,1-4H3/b25-23+. The molecule has 1 aliphatic heterocycles. The lowest BCUT2D eigenvalue weighted by Gasteiger charge is -2.26. The maximum absolute atomic E-state index is 13.1. The molecule has 0 aromatic heterocycles. The van der Waals surface area contributed by atoms with Gasteiger partial charge in [-0.25, -0.2) is 0 Å². The van der Waals surface area contributed by atoms with E-state index < -0.39 is 17.7 Å². The minimum absolute atomic E-state index is 0.124. The number of aliphatic hydroxyl groups excluding tert-OH is 1. The number of benzene rings is 2. The van der Waals surface area contributed by atoms with Crippen molar-refractivity contribution < 1.29 is 19.4 Å².